The smallest absolute Gasteiger partial charge is 0.295 e. The first-order valence-corrected chi connectivity index (χ1v) is 11.8. The van der Waals surface area contributed by atoms with Crippen LogP contribution in [-0.4, -0.2) is 33.1 Å². The molecule has 1 amide bonds. The standard InChI is InChI=1S/C26H29ClN4O2/c1-25(2)12-19-13-26(3,14-25)15-30(19)16-31-21-7-5-4-6-20(21)22(24(31)33)28-29-23(32)17-8-10-18(27)11-9-17/h4-11,19,33H,12-16H2,1-3H3/t19-,26+/m0/s1. The number of rotatable bonds is 4. The van der Waals surface area contributed by atoms with Crippen LogP contribution in [0, 0.1) is 10.8 Å². The highest BCUT2D eigenvalue weighted by Gasteiger charge is 2.49. The Balaban J connectivity index is 1.46. The second-order valence-corrected chi connectivity index (χ2v) is 11.2. The number of amides is 1. The Morgan fingerprint density at radius 1 is 1.12 bits per heavy atom. The fourth-order valence-electron chi connectivity index (χ4n) is 6.18. The lowest BCUT2D eigenvalue weighted by Crippen LogP contribution is -2.35. The summed E-state index contributed by atoms with van der Waals surface area (Å²) >= 11 is 5.90. The highest BCUT2D eigenvalue weighted by molar-refractivity contribution is 6.30. The summed E-state index contributed by atoms with van der Waals surface area (Å²) < 4.78 is 1.90. The van der Waals surface area contributed by atoms with Gasteiger partial charge in [0.1, 0.15) is 0 Å². The minimum atomic E-state index is -0.480. The Hall–Kier alpha value is -2.70. The largest absolute Gasteiger partial charge is 0.493 e. The van der Waals surface area contributed by atoms with Crippen LogP contribution in [0.15, 0.2) is 58.8 Å². The highest BCUT2D eigenvalue weighted by Crippen LogP contribution is 2.53. The quantitative estimate of drug-likeness (QED) is 0.432. The Kier molecular flexibility index (Phi) is 5.33. The molecule has 2 aliphatic rings. The Bertz CT molecular complexity index is 1250. The van der Waals surface area contributed by atoms with E-state index in [-0.39, 0.29) is 5.88 Å². The van der Waals surface area contributed by atoms with E-state index in [9.17, 15) is 9.90 Å². The summed E-state index contributed by atoms with van der Waals surface area (Å²) in [5, 5.41) is 20.6. The maximum absolute atomic E-state index is 12.5. The highest BCUT2D eigenvalue weighted by atomic mass is 35.5. The van der Waals surface area contributed by atoms with Crippen molar-refractivity contribution >= 4 is 34.1 Å². The maximum Gasteiger partial charge on any atom is 0.295 e. The molecular weight excluding hydrogens is 436 g/mol. The number of benzene rings is 2. The molecule has 1 saturated carbocycles. The molecule has 33 heavy (non-hydrogen) atoms. The summed E-state index contributed by atoms with van der Waals surface area (Å²) in [7, 11) is 0. The summed E-state index contributed by atoms with van der Waals surface area (Å²) in [6.07, 6.45) is 3.57. The average Bonchev–Trinajstić information content (AvgIpc) is 3.15. The SMILES string of the molecule is CC1(C)C[C@H]2C[C@@](C)(CN2Cn2c(O)c(N=NC(=O)c3ccc(Cl)cc3)c3ccccc32)C1. The molecular formula is C26H29ClN4O2. The molecule has 7 heteroatoms. The van der Waals surface area contributed by atoms with Crippen LogP contribution in [0.4, 0.5) is 5.69 Å². The van der Waals surface area contributed by atoms with Gasteiger partial charge in [-0.3, -0.25) is 14.3 Å². The van der Waals surface area contributed by atoms with E-state index in [1.54, 1.807) is 24.3 Å². The number of carbonyl (C=O) groups excluding carboxylic acids is 1. The number of nitrogens with zero attached hydrogens (tertiary/aromatic N) is 4. The molecule has 172 valence electrons. The molecule has 5 rings (SSSR count). The van der Waals surface area contributed by atoms with Crippen molar-refractivity contribution in [2.45, 2.75) is 52.7 Å². The van der Waals surface area contributed by atoms with Gasteiger partial charge in [0.05, 0.1) is 12.2 Å². The van der Waals surface area contributed by atoms with E-state index in [1.165, 1.54) is 12.8 Å². The molecule has 1 aliphatic carbocycles. The van der Waals surface area contributed by atoms with Gasteiger partial charge >= 0.3 is 0 Å². The van der Waals surface area contributed by atoms with Crippen molar-refractivity contribution < 1.29 is 9.90 Å². The first kappa shape index (κ1) is 22.1. The van der Waals surface area contributed by atoms with Gasteiger partial charge in [-0.05, 0) is 60.4 Å². The monoisotopic (exact) mass is 464 g/mol. The fraction of sp³-hybridized carbons (Fsp3) is 0.423. The summed E-state index contributed by atoms with van der Waals surface area (Å²) in [5.74, 6) is -0.443. The first-order valence-electron chi connectivity index (χ1n) is 11.4. The van der Waals surface area contributed by atoms with Gasteiger partial charge in [0.15, 0.2) is 5.69 Å². The Labute approximate surface area is 198 Å². The van der Waals surface area contributed by atoms with Crippen LogP contribution in [-0.2, 0) is 6.67 Å². The molecule has 0 unspecified atom stereocenters. The van der Waals surface area contributed by atoms with Crippen LogP contribution in [0.3, 0.4) is 0 Å². The first-order chi connectivity index (χ1) is 15.6. The molecule has 2 atom stereocenters. The summed E-state index contributed by atoms with van der Waals surface area (Å²) in [6, 6.07) is 14.7. The number of aromatic nitrogens is 1. The van der Waals surface area contributed by atoms with E-state index in [1.807, 2.05) is 28.8 Å². The van der Waals surface area contributed by atoms with E-state index in [0.29, 0.717) is 39.8 Å². The zero-order valence-electron chi connectivity index (χ0n) is 19.3. The minimum absolute atomic E-state index is 0.0368. The normalized spacial score (nSPS) is 24.7. The molecule has 2 bridgehead atoms. The number of fused-ring (bicyclic) bond motifs is 3. The van der Waals surface area contributed by atoms with E-state index >= 15 is 0 Å². The zero-order chi connectivity index (χ0) is 23.4. The number of para-hydroxylation sites is 1. The Morgan fingerprint density at radius 3 is 2.61 bits per heavy atom. The second-order valence-electron chi connectivity index (χ2n) is 10.7. The topological polar surface area (TPSA) is 70.2 Å². The summed E-state index contributed by atoms with van der Waals surface area (Å²) in [6.45, 7) is 8.71. The van der Waals surface area contributed by atoms with Gasteiger partial charge in [-0.15, -0.1) is 10.2 Å². The number of hydrogen-bond acceptors (Lipinski definition) is 4. The molecule has 6 nitrogen and oxygen atoms in total. The average molecular weight is 465 g/mol. The fourth-order valence-corrected chi connectivity index (χ4v) is 6.31. The molecule has 3 aromatic rings. The lowest BCUT2D eigenvalue weighted by molar-refractivity contribution is 0.0995. The molecule has 0 radical (unpaired) electrons. The van der Waals surface area contributed by atoms with Crippen LogP contribution in [0.5, 0.6) is 5.88 Å². The number of carbonyl (C=O) groups is 1. The van der Waals surface area contributed by atoms with Crippen molar-refractivity contribution in [1.82, 2.24) is 9.47 Å². The van der Waals surface area contributed by atoms with E-state index in [4.69, 9.17) is 11.6 Å². The lowest BCUT2D eigenvalue weighted by Gasteiger charge is -2.40. The molecule has 2 aromatic carbocycles. The van der Waals surface area contributed by atoms with Gasteiger partial charge in [0.2, 0.25) is 5.88 Å². The molecule has 1 aliphatic heterocycles. The number of aromatic hydroxyl groups is 1. The number of azo groups is 1. The number of likely N-dealkylation sites (tertiary alicyclic amines) is 1. The molecule has 2 heterocycles. The molecule has 2 fully saturated rings. The van der Waals surface area contributed by atoms with Gasteiger partial charge in [-0.1, -0.05) is 50.6 Å². The molecule has 1 N–H and O–H groups in total. The van der Waals surface area contributed by atoms with Crippen molar-refractivity contribution in [2.24, 2.45) is 21.1 Å². The zero-order valence-corrected chi connectivity index (χ0v) is 20.0. The minimum Gasteiger partial charge on any atom is -0.493 e. The Morgan fingerprint density at radius 2 is 1.85 bits per heavy atom. The van der Waals surface area contributed by atoms with Gasteiger partial charge in [-0.2, -0.15) is 0 Å². The van der Waals surface area contributed by atoms with Crippen LogP contribution < -0.4 is 0 Å². The van der Waals surface area contributed by atoms with Crippen LogP contribution in [0.1, 0.15) is 50.4 Å². The summed E-state index contributed by atoms with van der Waals surface area (Å²) in [5.41, 5.74) is 2.23. The van der Waals surface area contributed by atoms with Crippen molar-refractivity contribution in [1.29, 1.82) is 0 Å². The van der Waals surface area contributed by atoms with Crippen molar-refractivity contribution in [3.8, 4) is 5.88 Å². The van der Waals surface area contributed by atoms with Crippen molar-refractivity contribution in [2.75, 3.05) is 6.54 Å². The number of halogens is 1. The molecule has 1 aromatic heterocycles. The van der Waals surface area contributed by atoms with E-state index in [2.05, 4.69) is 35.9 Å². The third-order valence-corrected chi connectivity index (χ3v) is 7.35. The predicted molar refractivity (Wildman–Crippen MR) is 130 cm³/mol. The van der Waals surface area contributed by atoms with Crippen molar-refractivity contribution in [3.05, 3.63) is 59.1 Å². The van der Waals surface area contributed by atoms with E-state index < -0.39 is 5.91 Å². The second kappa shape index (κ2) is 7.96. The predicted octanol–water partition coefficient (Wildman–Crippen LogP) is 6.78. The van der Waals surface area contributed by atoms with E-state index in [0.717, 1.165) is 23.9 Å². The maximum atomic E-state index is 12.5. The van der Waals surface area contributed by atoms with Crippen molar-refractivity contribution in [3.63, 3.8) is 0 Å². The third-order valence-electron chi connectivity index (χ3n) is 7.10. The van der Waals surface area contributed by atoms with Crippen LogP contribution in [0.2, 0.25) is 5.02 Å². The van der Waals surface area contributed by atoms with Gasteiger partial charge in [0.25, 0.3) is 5.91 Å². The van der Waals surface area contributed by atoms with Gasteiger partial charge < -0.3 is 5.11 Å². The summed E-state index contributed by atoms with van der Waals surface area (Å²) in [4.78, 5) is 15.0. The van der Waals surface area contributed by atoms with Gasteiger partial charge in [-0.25, -0.2) is 0 Å². The van der Waals surface area contributed by atoms with Crippen LogP contribution >= 0.6 is 11.6 Å². The third kappa shape index (κ3) is 4.18. The molecule has 1 saturated heterocycles. The van der Waals surface area contributed by atoms with Gasteiger partial charge in [0, 0.05) is 28.6 Å². The number of hydrogen-bond donors (Lipinski definition) is 1. The lowest BCUT2D eigenvalue weighted by atomic mass is 9.65. The molecule has 0 spiro atoms. The van der Waals surface area contributed by atoms with Crippen LogP contribution in [0.25, 0.3) is 10.9 Å².